The molecule has 1 heterocycles. The average molecular weight is 330 g/mol. The number of nitrogens with two attached hydrogens (primary N) is 1. The maximum atomic E-state index is 5.82. The summed E-state index contributed by atoms with van der Waals surface area (Å²) in [4.78, 5) is 8.23. The van der Waals surface area contributed by atoms with Gasteiger partial charge in [0.25, 0.3) is 0 Å². The number of aryl methyl sites for hydroxylation is 1. The van der Waals surface area contributed by atoms with Crippen molar-refractivity contribution in [2.75, 3.05) is 31.3 Å². The number of ether oxygens (including phenoxy) is 2. The minimum Gasteiger partial charge on any atom is -0.497 e. The molecule has 6 nitrogen and oxygen atoms in total. The van der Waals surface area contributed by atoms with Gasteiger partial charge in [-0.25, -0.2) is 4.98 Å². The van der Waals surface area contributed by atoms with Crippen LogP contribution >= 0.6 is 0 Å². The van der Waals surface area contributed by atoms with E-state index in [1.807, 2.05) is 12.1 Å². The molecule has 0 amide bonds. The van der Waals surface area contributed by atoms with Crippen LogP contribution in [-0.4, -0.2) is 30.2 Å². The molecule has 0 spiro atoms. The molecule has 0 saturated heterocycles. The first-order chi connectivity index (χ1) is 11.7. The van der Waals surface area contributed by atoms with Crippen molar-refractivity contribution < 1.29 is 9.47 Å². The van der Waals surface area contributed by atoms with Crippen LogP contribution in [-0.2, 0) is 6.42 Å². The molecule has 0 unspecified atom stereocenters. The Morgan fingerprint density at radius 2 is 1.96 bits per heavy atom. The summed E-state index contributed by atoms with van der Waals surface area (Å²) in [5, 5.41) is 3.26. The lowest BCUT2D eigenvalue weighted by molar-refractivity contribution is 0.310. The van der Waals surface area contributed by atoms with Crippen molar-refractivity contribution >= 4 is 11.8 Å². The predicted octanol–water partition coefficient (Wildman–Crippen LogP) is 3.29. The molecule has 0 bridgehead atoms. The van der Waals surface area contributed by atoms with Gasteiger partial charge in [0, 0.05) is 6.54 Å². The van der Waals surface area contributed by atoms with Gasteiger partial charge in [-0.3, -0.25) is 0 Å². The molecule has 0 saturated carbocycles. The van der Waals surface area contributed by atoms with Gasteiger partial charge in [-0.05, 0) is 37.0 Å². The highest BCUT2D eigenvalue weighted by Crippen LogP contribution is 2.22. The molecule has 130 valence electrons. The van der Waals surface area contributed by atoms with Crippen molar-refractivity contribution in [1.82, 2.24) is 9.97 Å². The average Bonchev–Trinajstić information content (AvgIpc) is 2.61. The van der Waals surface area contributed by atoms with Crippen molar-refractivity contribution in [2.24, 2.45) is 0 Å². The van der Waals surface area contributed by atoms with Gasteiger partial charge in [-0.1, -0.05) is 25.5 Å². The number of benzene rings is 1. The van der Waals surface area contributed by atoms with Gasteiger partial charge in [0.1, 0.15) is 5.75 Å². The zero-order chi connectivity index (χ0) is 17.2. The van der Waals surface area contributed by atoms with E-state index in [0.717, 1.165) is 38.0 Å². The molecule has 1 aromatic heterocycles. The van der Waals surface area contributed by atoms with E-state index in [2.05, 4.69) is 34.3 Å². The second-order valence-corrected chi connectivity index (χ2v) is 5.52. The van der Waals surface area contributed by atoms with Crippen molar-refractivity contribution in [1.29, 1.82) is 0 Å². The molecule has 6 heteroatoms. The van der Waals surface area contributed by atoms with E-state index < -0.39 is 0 Å². The first kappa shape index (κ1) is 17.8. The second kappa shape index (κ2) is 9.60. The normalized spacial score (nSPS) is 10.4. The Bertz CT molecular complexity index is 617. The maximum absolute atomic E-state index is 5.82. The minimum atomic E-state index is 0.250. The van der Waals surface area contributed by atoms with Crippen molar-refractivity contribution in [3.05, 3.63) is 36.0 Å². The van der Waals surface area contributed by atoms with E-state index in [1.54, 1.807) is 13.3 Å². The van der Waals surface area contributed by atoms with Crippen LogP contribution in [0.15, 0.2) is 30.5 Å². The number of hydrogen-bond acceptors (Lipinski definition) is 6. The number of nitrogens with zero attached hydrogens (tertiary/aromatic N) is 2. The molecule has 0 aliphatic rings. The van der Waals surface area contributed by atoms with Crippen LogP contribution in [0.25, 0.3) is 0 Å². The van der Waals surface area contributed by atoms with Gasteiger partial charge in [-0.2, -0.15) is 4.98 Å². The quantitative estimate of drug-likeness (QED) is 0.651. The number of hydrogen-bond donors (Lipinski definition) is 2. The summed E-state index contributed by atoms with van der Waals surface area (Å²) >= 11 is 0. The molecule has 0 aliphatic heterocycles. The summed E-state index contributed by atoms with van der Waals surface area (Å²) in [6, 6.07) is 8.09. The first-order valence-electron chi connectivity index (χ1n) is 8.35. The van der Waals surface area contributed by atoms with Crippen molar-refractivity contribution in [2.45, 2.75) is 32.6 Å². The number of nitrogens with one attached hydrogen (secondary N) is 1. The van der Waals surface area contributed by atoms with Crippen LogP contribution < -0.4 is 20.5 Å². The summed E-state index contributed by atoms with van der Waals surface area (Å²) in [5.41, 5.74) is 6.92. The molecule has 2 rings (SSSR count). The van der Waals surface area contributed by atoms with Crippen LogP contribution in [0, 0.1) is 0 Å². The van der Waals surface area contributed by atoms with E-state index in [0.29, 0.717) is 18.2 Å². The molecular formula is C18H26N4O2. The molecule has 3 N–H and O–H groups in total. The number of methoxy groups -OCH3 is 1. The second-order valence-electron chi connectivity index (χ2n) is 5.52. The van der Waals surface area contributed by atoms with E-state index in [-0.39, 0.29) is 5.95 Å². The first-order valence-corrected chi connectivity index (χ1v) is 8.35. The number of aromatic nitrogens is 2. The molecular weight excluding hydrogens is 304 g/mol. The Balaban J connectivity index is 1.82. The Labute approximate surface area is 143 Å². The Morgan fingerprint density at radius 3 is 2.67 bits per heavy atom. The summed E-state index contributed by atoms with van der Waals surface area (Å²) in [6.45, 7) is 3.59. The molecule has 0 radical (unpaired) electrons. The summed E-state index contributed by atoms with van der Waals surface area (Å²) in [6.07, 6.45) is 5.67. The highest BCUT2D eigenvalue weighted by molar-refractivity contribution is 5.51. The summed E-state index contributed by atoms with van der Waals surface area (Å²) in [5.74, 6) is 2.44. The van der Waals surface area contributed by atoms with Crippen molar-refractivity contribution in [3.8, 4) is 11.5 Å². The maximum Gasteiger partial charge on any atom is 0.222 e. The van der Waals surface area contributed by atoms with Crippen LogP contribution in [0.4, 0.5) is 11.8 Å². The van der Waals surface area contributed by atoms with Crippen LogP contribution in [0.5, 0.6) is 11.5 Å². The van der Waals surface area contributed by atoms with E-state index >= 15 is 0 Å². The Hall–Kier alpha value is -2.50. The lowest BCUT2D eigenvalue weighted by atomic mass is 10.1. The van der Waals surface area contributed by atoms with Crippen molar-refractivity contribution in [3.63, 3.8) is 0 Å². The summed E-state index contributed by atoms with van der Waals surface area (Å²) in [7, 11) is 1.67. The van der Waals surface area contributed by atoms with E-state index in [9.17, 15) is 0 Å². The standard InChI is InChI=1S/C18H26N4O2/c1-3-4-11-20-17-16(13-21-18(19)22-17)24-12-5-6-14-7-9-15(23-2)10-8-14/h7-10,13H,3-6,11-12H2,1-2H3,(H3,19,20,21,22). The van der Waals surface area contributed by atoms with Crippen LogP contribution in [0.3, 0.4) is 0 Å². The molecule has 1 aromatic carbocycles. The van der Waals surface area contributed by atoms with Gasteiger partial charge in [-0.15, -0.1) is 0 Å². The molecule has 0 aliphatic carbocycles. The third-order valence-corrected chi connectivity index (χ3v) is 3.62. The highest BCUT2D eigenvalue weighted by atomic mass is 16.5. The minimum absolute atomic E-state index is 0.250. The van der Waals surface area contributed by atoms with Gasteiger partial charge in [0.2, 0.25) is 5.95 Å². The van der Waals surface area contributed by atoms with E-state index in [1.165, 1.54) is 5.56 Å². The van der Waals surface area contributed by atoms with Gasteiger partial charge in [0.05, 0.1) is 19.9 Å². The molecule has 0 atom stereocenters. The molecule has 0 fully saturated rings. The smallest absolute Gasteiger partial charge is 0.222 e. The molecule has 2 aromatic rings. The Morgan fingerprint density at radius 1 is 1.17 bits per heavy atom. The predicted molar refractivity (Wildman–Crippen MR) is 96.7 cm³/mol. The Kier molecular flexibility index (Phi) is 7.14. The van der Waals surface area contributed by atoms with Gasteiger partial charge in [0.15, 0.2) is 11.6 Å². The van der Waals surface area contributed by atoms with Gasteiger partial charge < -0.3 is 20.5 Å². The number of nitrogen functional groups attached to an aromatic ring is 1. The lowest BCUT2D eigenvalue weighted by Crippen LogP contribution is -2.09. The fourth-order valence-electron chi connectivity index (χ4n) is 2.25. The third kappa shape index (κ3) is 5.61. The third-order valence-electron chi connectivity index (χ3n) is 3.62. The fourth-order valence-corrected chi connectivity index (χ4v) is 2.25. The number of rotatable bonds is 10. The summed E-state index contributed by atoms with van der Waals surface area (Å²) < 4.78 is 11.0. The topological polar surface area (TPSA) is 82.3 Å². The zero-order valence-electron chi connectivity index (χ0n) is 14.4. The largest absolute Gasteiger partial charge is 0.497 e. The molecule has 24 heavy (non-hydrogen) atoms. The zero-order valence-corrected chi connectivity index (χ0v) is 14.4. The van der Waals surface area contributed by atoms with E-state index in [4.69, 9.17) is 15.2 Å². The number of unbranched alkanes of at least 4 members (excludes halogenated alkanes) is 1. The van der Waals surface area contributed by atoms with Crippen LogP contribution in [0.2, 0.25) is 0 Å². The SMILES string of the molecule is CCCCNc1nc(N)ncc1OCCCc1ccc(OC)cc1. The van der Waals surface area contributed by atoms with Gasteiger partial charge >= 0.3 is 0 Å². The highest BCUT2D eigenvalue weighted by Gasteiger charge is 2.07. The monoisotopic (exact) mass is 330 g/mol. The fraction of sp³-hybridized carbons (Fsp3) is 0.444. The number of anilines is 2. The lowest BCUT2D eigenvalue weighted by Gasteiger charge is -2.12. The van der Waals surface area contributed by atoms with Crippen LogP contribution in [0.1, 0.15) is 31.7 Å².